The maximum absolute atomic E-state index is 5.51. The standard InChI is InChI=1S/C29H36N4.2C7H7.Zr/c1-7-15-32(16-8-1)19-30-27-25-21-11-3-5-13-23(21)29(25)24-14-6-4-12-22(24)26(29)28(27)31-20-33-17-9-2-10-18-33;2*1-7-5-3-2-4-6-7;/h3-6,11-14,25-28H,1-2,7-10,15-20H2;2*2-6H,1H2;/q-2;2*-1;/t25?,26?,27-,28-,29?;;;/m1.../s1. The summed E-state index contributed by atoms with van der Waals surface area (Å²) in [7, 11) is 0. The van der Waals surface area contributed by atoms with Crippen molar-refractivity contribution < 1.29 is 26.2 Å². The Morgan fingerprint density at radius 3 is 1.21 bits per heavy atom. The summed E-state index contributed by atoms with van der Waals surface area (Å²) in [4.78, 5) is 5.16. The Hall–Kier alpha value is -2.66. The van der Waals surface area contributed by atoms with Crippen LogP contribution < -0.4 is 0 Å². The summed E-state index contributed by atoms with van der Waals surface area (Å²) >= 11 is 0. The first kappa shape index (κ1) is 35.2. The van der Waals surface area contributed by atoms with Crippen molar-refractivity contribution in [3.8, 4) is 0 Å². The van der Waals surface area contributed by atoms with Crippen molar-refractivity contribution in [1.82, 2.24) is 9.80 Å². The number of rotatable bonds is 6. The molecule has 250 valence electrons. The number of piperidine rings is 2. The first-order valence-electron chi connectivity index (χ1n) is 17.9. The first-order chi connectivity index (χ1) is 23.2. The van der Waals surface area contributed by atoms with Crippen LogP contribution in [-0.4, -0.2) is 61.4 Å². The van der Waals surface area contributed by atoms with Crippen molar-refractivity contribution in [1.29, 1.82) is 0 Å². The Morgan fingerprint density at radius 1 is 0.500 bits per heavy atom. The summed E-state index contributed by atoms with van der Waals surface area (Å²) in [5.41, 5.74) is 8.50. The molecule has 2 unspecified atom stereocenters. The molecule has 2 heterocycles. The van der Waals surface area contributed by atoms with E-state index < -0.39 is 0 Å². The zero-order valence-electron chi connectivity index (χ0n) is 28.4. The molecule has 0 aromatic heterocycles. The van der Waals surface area contributed by atoms with E-state index in [4.69, 9.17) is 10.6 Å². The van der Waals surface area contributed by atoms with Crippen molar-refractivity contribution in [2.24, 2.45) is 0 Å². The quantitative estimate of drug-likeness (QED) is 0.187. The maximum Gasteiger partial charge on any atom is 0.0316 e. The summed E-state index contributed by atoms with van der Waals surface area (Å²) in [6.07, 6.45) is 8.06. The van der Waals surface area contributed by atoms with Crippen molar-refractivity contribution in [3.63, 3.8) is 0 Å². The molecule has 2 aliphatic heterocycles. The maximum atomic E-state index is 5.51. The minimum atomic E-state index is 0. The van der Waals surface area contributed by atoms with Gasteiger partial charge >= 0.3 is 0 Å². The summed E-state index contributed by atoms with van der Waals surface area (Å²) < 4.78 is 0. The largest absolute Gasteiger partial charge is 0.648 e. The molecule has 0 bridgehead atoms. The molecule has 0 radical (unpaired) electrons. The van der Waals surface area contributed by atoms with Gasteiger partial charge in [0.25, 0.3) is 0 Å². The zero-order valence-corrected chi connectivity index (χ0v) is 30.8. The Morgan fingerprint density at radius 2 is 0.854 bits per heavy atom. The minimum absolute atomic E-state index is 0. The number of hydrogen-bond acceptors (Lipinski definition) is 2. The second kappa shape index (κ2) is 16.4. The van der Waals surface area contributed by atoms with Crippen LogP contribution in [0.25, 0.3) is 10.6 Å². The van der Waals surface area contributed by atoms with Gasteiger partial charge in [0.05, 0.1) is 0 Å². The fourth-order valence-electron chi connectivity index (χ4n) is 8.94. The molecule has 4 aromatic rings. The fraction of sp³-hybridized carbons (Fsp3) is 0.395. The molecule has 4 nitrogen and oxygen atoms in total. The predicted molar refractivity (Wildman–Crippen MR) is 196 cm³/mol. The molecule has 4 atom stereocenters. The number of benzene rings is 4. The normalized spacial score (nSPS) is 26.6. The SMILES string of the molecule is [CH2-]c1ccccc1.[CH2-]c1ccccc1.[Zr].c1ccc2c(c1)C1[C@@H]([N-]CN3CCCCC3)[C@H]([N-]CN3CCCCC3)C3c4ccccc4C213. The number of fused-ring (bicyclic) bond motifs is 4. The zero-order chi connectivity index (χ0) is 32.1. The van der Waals surface area contributed by atoms with Gasteiger partial charge in [-0.15, -0.1) is 36.3 Å². The molecule has 1 spiro atoms. The number of hydrogen-bond donors (Lipinski definition) is 0. The van der Waals surface area contributed by atoms with Gasteiger partial charge in [0.15, 0.2) is 0 Å². The van der Waals surface area contributed by atoms with Crippen LogP contribution in [0.5, 0.6) is 0 Å². The van der Waals surface area contributed by atoms with E-state index >= 15 is 0 Å². The van der Waals surface area contributed by atoms with Gasteiger partial charge in [0, 0.05) is 31.6 Å². The van der Waals surface area contributed by atoms with Crippen LogP contribution in [-0.2, 0) is 31.6 Å². The second-order valence-electron chi connectivity index (χ2n) is 14.0. The van der Waals surface area contributed by atoms with Crippen LogP contribution in [0.15, 0.2) is 109 Å². The first-order valence-corrected chi connectivity index (χ1v) is 17.9. The van der Waals surface area contributed by atoms with Crippen LogP contribution in [0, 0.1) is 13.8 Å². The van der Waals surface area contributed by atoms with Crippen molar-refractivity contribution in [2.75, 3.05) is 39.5 Å². The number of likely N-dealkylation sites (tertiary alicyclic amines) is 2. The molecule has 3 aliphatic carbocycles. The minimum Gasteiger partial charge on any atom is -0.648 e. The second-order valence-corrected chi connectivity index (χ2v) is 14.0. The summed E-state index contributed by atoms with van der Waals surface area (Å²) in [6, 6.07) is 38.8. The Labute approximate surface area is 308 Å². The molecular formula is C43H50N4Zr-4. The molecule has 0 N–H and O–H groups in total. The van der Waals surface area contributed by atoms with E-state index in [1.165, 1.54) is 64.7 Å². The average molecular weight is 714 g/mol. The predicted octanol–water partition coefficient (Wildman–Crippen LogP) is 9.29. The third-order valence-electron chi connectivity index (χ3n) is 11.1. The Kier molecular flexibility index (Phi) is 12.0. The van der Waals surface area contributed by atoms with Gasteiger partial charge in [-0.1, -0.05) is 86.8 Å². The molecule has 9 rings (SSSR count). The molecule has 2 saturated heterocycles. The van der Waals surface area contributed by atoms with Crippen molar-refractivity contribution in [2.45, 2.75) is 67.9 Å². The van der Waals surface area contributed by atoms with Gasteiger partial charge in [-0.2, -0.15) is 49.2 Å². The molecule has 4 aromatic carbocycles. The summed E-state index contributed by atoms with van der Waals surface area (Å²) in [5.74, 6) is 0.988. The molecule has 48 heavy (non-hydrogen) atoms. The van der Waals surface area contributed by atoms with Crippen LogP contribution >= 0.6 is 0 Å². The monoisotopic (exact) mass is 712 g/mol. The Bertz CT molecular complexity index is 1450. The van der Waals surface area contributed by atoms with Gasteiger partial charge in [-0.3, -0.25) is 0 Å². The molecule has 1 saturated carbocycles. The third-order valence-corrected chi connectivity index (χ3v) is 11.1. The van der Waals surface area contributed by atoms with Crippen molar-refractivity contribution in [3.05, 3.63) is 167 Å². The topological polar surface area (TPSA) is 34.7 Å². The van der Waals surface area contributed by atoms with Crippen molar-refractivity contribution >= 4 is 0 Å². The average Bonchev–Trinajstić information content (AvgIpc) is 3.32. The summed E-state index contributed by atoms with van der Waals surface area (Å²) in [6.45, 7) is 14.1. The van der Waals surface area contributed by atoms with E-state index in [0.717, 1.165) is 24.5 Å². The third kappa shape index (κ3) is 7.00. The van der Waals surface area contributed by atoms with E-state index in [0.29, 0.717) is 23.9 Å². The Balaban J connectivity index is 0.000000223. The van der Waals surface area contributed by atoms with Crippen LogP contribution in [0.3, 0.4) is 0 Å². The van der Waals surface area contributed by atoms with Crippen LogP contribution in [0.1, 0.15) is 83.7 Å². The number of nitrogens with zero attached hydrogens (tertiary/aromatic N) is 4. The van der Waals surface area contributed by atoms with Gasteiger partial charge < -0.3 is 20.4 Å². The van der Waals surface area contributed by atoms with Crippen LogP contribution in [0.4, 0.5) is 0 Å². The smallest absolute Gasteiger partial charge is 0.0316 e. The van der Waals surface area contributed by atoms with E-state index in [-0.39, 0.29) is 31.6 Å². The van der Waals surface area contributed by atoms with Crippen LogP contribution in [0.2, 0.25) is 0 Å². The molecule has 5 heteroatoms. The molecule has 0 amide bonds. The summed E-state index contributed by atoms with van der Waals surface area (Å²) in [5, 5.41) is 11.0. The molecule has 3 fully saturated rings. The molecular weight excluding hydrogens is 664 g/mol. The van der Waals surface area contributed by atoms with Gasteiger partial charge in [0.2, 0.25) is 0 Å². The van der Waals surface area contributed by atoms with Gasteiger partial charge in [-0.05, 0) is 86.0 Å². The van der Waals surface area contributed by atoms with Gasteiger partial charge in [0.1, 0.15) is 0 Å². The van der Waals surface area contributed by atoms with E-state index in [1.54, 1.807) is 22.3 Å². The van der Waals surface area contributed by atoms with E-state index in [1.807, 2.05) is 60.7 Å². The fourth-order valence-corrected chi connectivity index (χ4v) is 8.94. The van der Waals surface area contributed by atoms with Gasteiger partial charge in [-0.25, -0.2) is 0 Å². The van der Waals surface area contributed by atoms with E-state index in [9.17, 15) is 0 Å². The van der Waals surface area contributed by atoms with E-state index in [2.05, 4.69) is 72.2 Å². The molecule has 5 aliphatic rings.